The predicted molar refractivity (Wildman–Crippen MR) is 121 cm³/mol. The van der Waals surface area contributed by atoms with Gasteiger partial charge in [-0.25, -0.2) is 4.98 Å². The van der Waals surface area contributed by atoms with Gasteiger partial charge in [-0.2, -0.15) is 0 Å². The van der Waals surface area contributed by atoms with E-state index >= 15 is 0 Å². The number of pyridine rings is 1. The van der Waals surface area contributed by atoms with Crippen molar-refractivity contribution in [2.75, 3.05) is 0 Å². The fourth-order valence-electron chi connectivity index (χ4n) is 3.70. The standard InChI is InChI=1S/C24H21Cl2NO3/c1-12(2)17-9-18-15(11-29-21(18)7-13(17)3)8-22(28)30-24-20(26)10-19(25)16-6-5-14(4)27-23(16)24/h5-7,9-12H,8H2,1-4H3. The zero-order valence-corrected chi connectivity index (χ0v) is 18.7. The maximum absolute atomic E-state index is 12.8. The Labute approximate surface area is 184 Å². The van der Waals surface area contributed by atoms with Crippen LogP contribution in [0.3, 0.4) is 0 Å². The van der Waals surface area contributed by atoms with Crippen LogP contribution in [-0.4, -0.2) is 11.0 Å². The summed E-state index contributed by atoms with van der Waals surface area (Å²) in [6.07, 6.45) is 1.67. The molecule has 0 amide bonds. The van der Waals surface area contributed by atoms with Gasteiger partial charge in [0.1, 0.15) is 11.1 Å². The molecule has 0 bridgehead atoms. The Morgan fingerprint density at radius 3 is 2.60 bits per heavy atom. The lowest BCUT2D eigenvalue weighted by Gasteiger charge is -2.11. The Morgan fingerprint density at radius 1 is 1.10 bits per heavy atom. The van der Waals surface area contributed by atoms with Gasteiger partial charge in [-0.3, -0.25) is 4.79 Å². The van der Waals surface area contributed by atoms with Gasteiger partial charge in [-0.05, 0) is 61.2 Å². The normalized spacial score (nSPS) is 11.6. The Morgan fingerprint density at radius 2 is 1.87 bits per heavy atom. The minimum atomic E-state index is -0.446. The van der Waals surface area contributed by atoms with Crippen LogP contribution in [0.15, 0.2) is 41.0 Å². The molecule has 0 atom stereocenters. The molecule has 0 aliphatic heterocycles. The highest BCUT2D eigenvalue weighted by Gasteiger charge is 2.19. The highest BCUT2D eigenvalue weighted by Crippen LogP contribution is 2.38. The molecule has 2 aromatic carbocycles. The van der Waals surface area contributed by atoms with Crippen molar-refractivity contribution in [1.82, 2.24) is 4.98 Å². The lowest BCUT2D eigenvalue weighted by Crippen LogP contribution is -2.12. The summed E-state index contributed by atoms with van der Waals surface area (Å²) in [5.41, 5.74) is 5.17. The van der Waals surface area contributed by atoms with Gasteiger partial charge < -0.3 is 9.15 Å². The van der Waals surface area contributed by atoms with Crippen LogP contribution in [0.4, 0.5) is 0 Å². The monoisotopic (exact) mass is 441 g/mol. The van der Waals surface area contributed by atoms with Gasteiger partial charge >= 0.3 is 5.97 Å². The quantitative estimate of drug-likeness (QED) is 0.248. The number of carbonyl (C=O) groups is 1. The van der Waals surface area contributed by atoms with Crippen molar-refractivity contribution in [3.8, 4) is 5.75 Å². The van der Waals surface area contributed by atoms with Crippen LogP contribution in [0.5, 0.6) is 5.75 Å². The van der Waals surface area contributed by atoms with E-state index in [1.807, 2.05) is 25.1 Å². The lowest BCUT2D eigenvalue weighted by molar-refractivity contribution is -0.133. The first-order valence-electron chi connectivity index (χ1n) is 9.71. The fraction of sp³-hybridized carbons (Fsp3) is 0.250. The molecule has 0 aliphatic carbocycles. The van der Waals surface area contributed by atoms with Crippen LogP contribution in [0.25, 0.3) is 21.9 Å². The molecule has 0 saturated heterocycles. The van der Waals surface area contributed by atoms with Crippen molar-refractivity contribution in [3.05, 3.63) is 69.0 Å². The van der Waals surface area contributed by atoms with Crippen LogP contribution < -0.4 is 4.74 Å². The Hall–Kier alpha value is -2.56. The van der Waals surface area contributed by atoms with Gasteiger partial charge in [0.15, 0.2) is 5.75 Å². The van der Waals surface area contributed by atoms with Gasteiger partial charge in [0.25, 0.3) is 0 Å². The van der Waals surface area contributed by atoms with Crippen LogP contribution in [0.2, 0.25) is 10.0 Å². The number of furan rings is 1. The van der Waals surface area contributed by atoms with Gasteiger partial charge in [0.2, 0.25) is 0 Å². The number of halogens is 2. The number of carbonyl (C=O) groups excluding carboxylic acids is 1. The van der Waals surface area contributed by atoms with Gasteiger partial charge in [0.05, 0.1) is 22.7 Å². The van der Waals surface area contributed by atoms with Crippen molar-refractivity contribution in [1.29, 1.82) is 0 Å². The van der Waals surface area contributed by atoms with Crippen molar-refractivity contribution in [2.24, 2.45) is 0 Å². The molecule has 0 N–H and O–H groups in total. The summed E-state index contributed by atoms with van der Waals surface area (Å²) in [6, 6.07) is 9.36. The number of rotatable bonds is 4. The maximum Gasteiger partial charge on any atom is 0.315 e. The Kier molecular flexibility index (Phi) is 5.48. The van der Waals surface area contributed by atoms with Gasteiger partial charge in [-0.1, -0.05) is 37.0 Å². The summed E-state index contributed by atoms with van der Waals surface area (Å²) in [5.74, 6) is 0.145. The number of hydrogen-bond acceptors (Lipinski definition) is 4. The Bertz CT molecular complexity index is 1290. The number of aryl methyl sites for hydroxylation is 2. The smallest absolute Gasteiger partial charge is 0.315 e. The van der Waals surface area contributed by atoms with Crippen molar-refractivity contribution < 1.29 is 13.9 Å². The zero-order valence-electron chi connectivity index (χ0n) is 17.2. The molecule has 4 aromatic rings. The maximum atomic E-state index is 12.8. The first-order chi connectivity index (χ1) is 14.2. The average molecular weight is 442 g/mol. The van der Waals surface area contributed by atoms with E-state index in [1.54, 1.807) is 12.3 Å². The Balaban J connectivity index is 1.68. The largest absolute Gasteiger partial charge is 0.464 e. The number of ether oxygens (including phenoxy) is 1. The molecule has 0 radical (unpaired) electrons. The third kappa shape index (κ3) is 3.78. The zero-order chi connectivity index (χ0) is 21.6. The summed E-state index contributed by atoms with van der Waals surface area (Å²) >= 11 is 12.6. The highest BCUT2D eigenvalue weighted by molar-refractivity contribution is 6.39. The third-order valence-corrected chi connectivity index (χ3v) is 5.79. The topological polar surface area (TPSA) is 52.3 Å². The van der Waals surface area contributed by atoms with E-state index in [0.29, 0.717) is 21.8 Å². The molecule has 0 unspecified atom stereocenters. The molecule has 0 fully saturated rings. The van der Waals surface area contributed by atoms with Crippen LogP contribution in [-0.2, 0) is 11.2 Å². The number of fused-ring (bicyclic) bond motifs is 2. The first-order valence-corrected chi connectivity index (χ1v) is 10.5. The van der Waals surface area contributed by atoms with Gasteiger partial charge in [0, 0.05) is 22.0 Å². The summed E-state index contributed by atoms with van der Waals surface area (Å²) in [6.45, 7) is 8.20. The molecule has 2 aromatic heterocycles. The van der Waals surface area contributed by atoms with Crippen molar-refractivity contribution in [2.45, 2.75) is 40.0 Å². The number of benzene rings is 2. The molecule has 4 nitrogen and oxygen atoms in total. The first kappa shape index (κ1) is 20.7. The second-order valence-electron chi connectivity index (χ2n) is 7.79. The molecular formula is C24H21Cl2NO3. The second kappa shape index (κ2) is 7.93. The molecule has 0 spiro atoms. The van der Waals surface area contributed by atoms with E-state index in [9.17, 15) is 4.79 Å². The minimum Gasteiger partial charge on any atom is -0.464 e. The second-order valence-corrected chi connectivity index (χ2v) is 8.60. The van der Waals surface area contributed by atoms with Crippen molar-refractivity contribution in [3.63, 3.8) is 0 Å². The molecule has 2 heterocycles. The number of aromatic nitrogens is 1. The van der Waals surface area contributed by atoms with E-state index in [2.05, 4.69) is 31.8 Å². The summed E-state index contributed by atoms with van der Waals surface area (Å²) in [4.78, 5) is 17.3. The highest BCUT2D eigenvalue weighted by atomic mass is 35.5. The third-order valence-electron chi connectivity index (χ3n) is 5.19. The summed E-state index contributed by atoms with van der Waals surface area (Å²) in [7, 11) is 0. The SMILES string of the molecule is Cc1ccc2c(Cl)cc(Cl)c(OC(=O)Cc3coc4cc(C)c(C(C)C)cc34)c2n1. The molecule has 0 aliphatic rings. The summed E-state index contributed by atoms with van der Waals surface area (Å²) < 4.78 is 11.3. The van der Waals surface area contributed by atoms with Gasteiger partial charge in [-0.15, -0.1) is 0 Å². The average Bonchev–Trinajstić information content (AvgIpc) is 3.05. The predicted octanol–water partition coefficient (Wildman–Crippen LogP) is 7.18. The fourth-order valence-corrected chi connectivity index (χ4v) is 4.25. The van der Waals surface area contributed by atoms with E-state index < -0.39 is 5.97 Å². The van der Waals surface area contributed by atoms with Crippen molar-refractivity contribution >= 4 is 51.0 Å². The minimum absolute atomic E-state index is 0.0554. The van der Waals surface area contributed by atoms with Crippen LogP contribution >= 0.6 is 23.2 Å². The molecule has 4 rings (SSSR count). The van der Waals surface area contributed by atoms with E-state index in [-0.39, 0.29) is 17.2 Å². The summed E-state index contributed by atoms with van der Waals surface area (Å²) in [5, 5.41) is 2.30. The van der Waals surface area contributed by atoms with E-state index in [0.717, 1.165) is 22.2 Å². The molecule has 0 saturated carbocycles. The van der Waals surface area contributed by atoms with E-state index in [4.69, 9.17) is 32.4 Å². The van der Waals surface area contributed by atoms with Crippen LogP contribution in [0, 0.1) is 13.8 Å². The van der Waals surface area contributed by atoms with Crippen LogP contribution in [0.1, 0.15) is 42.1 Å². The number of hydrogen-bond donors (Lipinski definition) is 0. The molecular weight excluding hydrogens is 421 g/mol. The number of esters is 1. The molecule has 30 heavy (non-hydrogen) atoms. The van der Waals surface area contributed by atoms with E-state index in [1.165, 1.54) is 11.1 Å². The molecule has 154 valence electrons. The molecule has 6 heteroatoms. The lowest BCUT2D eigenvalue weighted by atomic mass is 9.95. The number of nitrogens with zero attached hydrogens (tertiary/aromatic N) is 1.